The molecule has 2 aromatic heterocycles. The number of aromatic nitrogens is 3. The highest BCUT2D eigenvalue weighted by Gasteiger charge is 2.20. The van der Waals surface area contributed by atoms with Crippen molar-refractivity contribution in [2.75, 3.05) is 6.54 Å². The van der Waals surface area contributed by atoms with Crippen LogP contribution in [0.2, 0.25) is 0 Å². The van der Waals surface area contributed by atoms with Crippen molar-refractivity contribution in [1.29, 1.82) is 0 Å². The Hall–Kier alpha value is -1.62. The van der Waals surface area contributed by atoms with Crippen LogP contribution in [0, 0.1) is 13.8 Å². The number of rotatable bonds is 1. The van der Waals surface area contributed by atoms with Gasteiger partial charge in [-0.25, -0.2) is 0 Å². The summed E-state index contributed by atoms with van der Waals surface area (Å²) >= 11 is 0. The Balaban J connectivity index is 2.11. The van der Waals surface area contributed by atoms with E-state index in [1.807, 2.05) is 6.92 Å². The van der Waals surface area contributed by atoms with Gasteiger partial charge in [0.25, 0.3) is 0 Å². The average molecular weight is 218 g/mol. The smallest absolute Gasteiger partial charge is 0.323 e. The third kappa shape index (κ3) is 1.36. The number of nitrogens with zero attached hydrogens (tertiary/aromatic N) is 3. The number of nitrogens with one attached hydrogen (secondary N) is 1. The monoisotopic (exact) mass is 218 g/mol. The van der Waals surface area contributed by atoms with Crippen molar-refractivity contribution < 1.29 is 4.42 Å². The van der Waals surface area contributed by atoms with Crippen LogP contribution in [0.25, 0.3) is 6.01 Å². The van der Waals surface area contributed by atoms with E-state index in [-0.39, 0.29) is 0 Å². The van der Waals surface area contributed by atoms with E-state index < -0.39 is 0 Å². The molecule has 0 bridgehead atoms. The molecule has 0 fully saturated rings. The molecule has 0 saturated heterocycles. The van der Waals surface area contributed by atoms with Crippen LogP contribution < -0.4 is 5.32 Å². The van der Waals surface area contributed by atoms with E-state index in [2.05, 4.69) is 22.3 Å². The van der Waals surface area contributed by atoms with E-state index in [1.165, 1.54) is 5.56 Å². The Bertz CT molecular complexity index is 526. The largest absolute Gasteiger partial charge is 0.427 e. The molecule has 5 nitrogen and oxygen atoms in total. The molecule has 0 saturated carbocycles. The highest BCUT2D eigenvalue weighted by atomic mass is 16.4. The summed E-state index contributed by atoms with van der Waals surface area (Å²) in [6, 6.07) is 0.560. The van der Waals surface area contributed by atoms with Crippen LogP contribution >= 0.6 is 0 Å². The fourth-order valence-electron chi connectivity index (χ4n) is 2.11. The Kier molecular flexibility index (Phi) is 2.07. The van der Waals surface area contributed by atoms with Crippen LogP contribution in [-0.2, 0) is 13.0 Å². The van der Waals surface area contributed by atoms with Crippen molar-refractivity contribution in [3.8, 4) is 6.01 Å². The number of hydrogen-bond acceptors (Lipinski definition) is 4. The lowest BCUT2D eigenvalue weighted by Gasteiger charge is -2.10. The number of hydrogen-bond donors (Lipinski definition) is 1. The zero-order chi connectivity index (χ0) is 11.1. The molecule has 1 aliphatic heterocycles. The summed E-state index contributed by atoms with van der Waals surface area (Å²) in [4.78, 5) is 4.20. The Morgan fingerprint density at radius 3 is 3.00 bits per heavy atom. The first-order valence-corrected chi connectivity index (χ1v) is 5.46. The van der Waals surface area contributed by atoms with Crippen molar-refractivity contribution in [3.63, 3.8) is 0 Å². The van der Waals surface area contributed by atoms with Crippen molar-refractivity contribution in [3.05, 3.63) is 28.9 Å². The maximum absolute atomic E-state index is 5.50. The molecule has 5 heteroatoms. The molecular formula is C11H14N4O. The summed E-state index contributed by atoms with van der Waals surface area (Å²) < 4.78 is 7.29. The van der Waals surface area contributed by atoms with Crippen molar-refractivity contribution >= 4 is 0 Å². The van der Waals surface area contributed by atoms with Crippen LogP contribution in [-0.4, -0.2) is 21.3 Å². The van der Waals surface area contributed by atoms with Crippen LogP contribution in [0.3, 0.4) is 0 Å². The Labute approximate surface area is 93.5 Å². The summed E-state index contributed by atoms with van der Waals surface area (Å²) in [6.07, 6.45) is 2.74. The zero-order valence-electron chi connectivity index (χ0n) is 9.45. The number of oxazole rings is 1. The fourth-order valence-corrected chi connectivity index (χ4v) is 2.11. The van der Waals surface area contributed by atoms with Gasteiger partial charge in [-0.15, -0.1) is 0 Å². The van der Waals surface area contributed by atoms with Gasteiger partial charge < -0.3 is 9.73 Å². The minimum atomic E-state index is 0.560. The fraction of sp³-hybridized carbons (Fsp3) is 0.455. The van der Waals surface area contributed by atoms with Gasteiger partial charge in [0.15, 0.2) is 0 Å². The third-order valence-electron chi connectivity index (χ3n) is 2.96. The number of fused-ring (bicyclic) bond motifs is 1. The lowest BCUT2D eigenvalue weighted by atomic mass is 10.1. The average Bonchev–Trinajstić information content (AvgIpc) is 2.84. The maximum atomic E-state index is 5.50. The van der Waals surface area contributed by atoms with Crippen LogP contribution in [0.1, 0.15) is 22.7 Å². The van der Waals surface area contributed by atoms with E-state index in [0.29, 0.717) is 6.01 Å². The van der Waals surface area contributed by atoms with E-state index in [4.69, 9.17) is 4.42 Å². The summed E-state index contributed by atoms with van der Waals surface area (Å²) in [7, 11) is 0. The molecule has 0 unspecified atom stereocenters. The lowest BCUT2D eigenvalue weighted by Crippen LogP contribution is -2.23. The van der Waals surface area contributed by atoms with E-state index in [1.54, 1.807) is 10.9 Å². The molecule has 2 aromatic rings. The molecule has 16 heavy (non-hydrogen) atoms. The van der Waals surface area contributed by atoms with Crippen LogP contribution in [0.15, 0.2) is 10.6 Å². The van der Waals surface area contributed by atoms with Gasteiger partial charge in [-0.1, -0.05) is 0 Å². The molecule has 0 spiro atoms. The molecule has 0 aliphatic carbocycles. The van der Waals surface area contributed by atoms with Gasteiger partial charge >= 0.3 is 6.01 Å². The van der Waals surface area contributed by atoms with Gasteiger partial charge in [-0.3, -0.25) is 0 Å². The molecule has 3 rings (SSSR count). The van der Waals surface area contributed by atoms with Gasteiger partial charge in [0.1, 0.15) is 5.76 Å². The lowest BCUT2D eigenvalue weighted by molar-refractivity contribution is 0.481. The minimum absolute atomic E-state index is 0.560. The first-order chi connectivity index (χ1) is 7.75. The second kappa shape index (κ2) is 3.45. The maximum Gasteiger partial charge on any atom is 0.323 e. The standard InChI is InChI=1S/C11H14N4O/c1-7-5-13-11(16-7)15-8(2)9-3-4-12-6-10(9)14-15/h5,12H,3-4,6H2,1-2H3. The second-order valence-electron chi connectivity index (χ2n) is 4.10. The predicted molar refractivity (Wildman–Crippen MR) is 58.5 cm³/mol. The molecular weight excluding hydrogens is 204 g/mol. The van der Waals surface area contributed by atoms with Crippen molar-refractivity contribution in [2.24, 2.45) is 0 Å². The first-order valence-electron chi connectivity index (χ1n) is 5.46. The highest BCUT2D eigenvalue weighted by molar-refractivity contribution is 5.31. The minimum Gasteiger partial charge on any atom is -0.427 e. The van der Waals surface area contributed by atoms with E-state index in [0.717, 1.165) is 36.7 Å². The summed E-state index contributed by atoms with van der Waals surface area (Å²) in [5.41, 5.74) is 3.58. The van der Waals surface area contributed by atoms with Crippen LogP contribution in [0.4, 0.5) is 0 Å². The van der Waals surface area contributed by atoms with Gasteiger partial charge in [0.05, 0.1) is 11.9 Å². The SMILES string of the molecule is Cc1cnc(-n2nc3c(c2C)CCNC3)o1. The molecule has 0 amide bonds. The Morgan fingerprint density at radius 2 is 2.31 bits per heavy atom. The molecule has 1 N–H and O–H groups in total. The van der Waals surface area contributed by atoms with Gasteiger partial charge in [-0.2, -0.15) is 14.8 Å². The first kappa shape index (κ1) is 9.59. The van der Waals surface area contributed by atoms with Gasteiger partial charge in [0, 0.05) is 12.2 Å². The second-order valence-corrected chi connectivity index (χ2v) is 4.10. The topological polar surface area (TPSA) is 55.9 Å². The molecule has 0 radical (unpaired) electrons. The molecule has 0 atom stereocenters. The molecule has 84 valence electrons. The third-order valence-corrected chi connectivity index (χ3v) is 2.96. The summed E-state index contributed by atoms with van der Waals surface area (Å²) in [5.74, 6) is 0.806. The Morgan fingerprint density at radius 1 is 1.44 bits per heavy atom. The molecule has 3 heterocycles. The van der Waals surface area contributed by atoms with E-state index >= 15 is 0 Å². The van der Waals surface area contributed by atoms with E-state index in [9.17, 15) is 0 Å². The highest BCUT2D eigenvalue weighted by Crippen LogP contribution is 2.20. The van der Waals surface area contributed by atoms with Crippen molar-refractivity contribution in [1.82, 2.24) is 20.1 Å². The van der Waals surface area contributed by atoms with Gasteiger partial charge in [-0.05, 0) is 32.4 Å². The van der Waals surface area contributed by atoms with Crippen molar-refractivity contribution in [2.45, 2.75) is 26.8 Å². The predicted octanol–water partition coefficient (Wildman–Crippen LogP) is 1.12. The molecule has 0 aromatic carbocycles. The summed E-state index contributed by atoms with van der Waals surface area (Å²) in [6.45, 7) is 5.81. The van der Waals surface area contributed by atoms with Gasteiger partial charge in [0.2, 0.25) is 0 Å². The normalized spacial score (nSPS) is 15.1. The molecule has 1 aliphatic rings. The zero-order valence-corrected chi connectivity index (χ0v) is 9.45. The summed E-state index contributed by atoms with van der Waals surface area (Å²) in [5, 5.41) is 7.84. The van der Waals surface area contributed by atoms with Crippen LogP contribution in [0.5, 0.6) is 0 Å². The number of aryl methyl sites for hydroxylation is 1. The quantitative estimate of drug-likeness (QED) is 0.779.